The molecule has 0 aliphatic carbocycles. The maximum absolute atomic E-state index is 11.8. The minimum absolute atomic E-state index is 0.101. The molecule has 2 rings (SSSR count). The van der Waals surface area contributed by atoms with Gasteiger partial charge in [-0.05, 0) is 5.56 Å². The lowest BCUT2D eigenvalue weighted by Gasteiger charge is -2.15. The van der Waals surface area contributed by atoms with Gasteiger partial charge in [-0.2, -0.15) is 0 Å². The van der Waals surface area contributed by atoms with Crippen molar-refractivity contribution in [2.75, 3.05) is 6.54 Å². The van der Waals surface area contributed by atoms with Gasteiger partial charge in [0.25, 0.3) is 5.91 Å². The number of hydrazine groups is 1. The summed E-state index contributed by atoms with van der Waals surface area (Å²) in [6, 6.07) is 9.41. The van der Waals surface area contributed by atoms with E-state index in [9.17, 15) is 4.79 Å². The van der Waals surface area contributed by atoms with Crippen LogP contribution in [0.4, 0.5) is 0 Å². The maximum Gasteiger partial charge on any atom is 0.264 e. The molecule has 1 heterocycles. The molecule has 1 saturated heterocycles. The molecule has 1 aliphatic heterocycles. The zero-order valence-corrected chi connectivity index (χ0v) is 9.80. The average Bonchev–Trinajstić information content (AvgIpc) is 2.63. The quantitative estimate of drug-likeness (QED) is 0.586. The van der Waals surface area contributed by atoms with Crippen LogP contribution in [0.15, 0.2) is 30.3 Å². The molecule has 1 fully saturated rings. The number of nitrogens with zero attached hydrogens (tertiary/aromatic N) is 1. The third-order valence-electron chi connectivity index (χ3n) is 2.94. The molecule has 0 bridgehead atoms. The van der Waals surface area contributed by atoms with E-state index in [4.69, 9.17) is 10.7 Å². The van der Waals surface area contributed by atoms with Crippen molar-refractivity contribution in [3.63, 3.8) is 0 Å². The van der Waals surface area contributed by atoms with Crippen molar-refractivity contribution in [2.24, 2.45) is 11.8 Å². The molecule has 1 aliphatic rings. The number of carbonyl (C=O) groups is 1. The number of carbonyl (C=O) groups excluding carboxylic acids is 1. The van der Waals surface area contributed by atoms with Gasteiger partial charge < -0.3 is 0 Å². The smallest absolute Gasteiger partial charge is 0.264 e. The molecule has 2 atom stereocenters. The second kappa shape index (κ2) is 5.27. The Morgan fingerprint density at radius 1 is 1.47 bits per heavy atom. The minimum Gasteiger partial charge on any atom is -0.271 e. The van der Waals surface area contributed by atoms with Crippen LogP contribution in [0, 0.1) is 5.92 Å². The van der Waals surface area contributed by atoms with Crippen LogP contribution in [0.5, 0.6) is 0 Å². The predicted octanol–water partition coefficient (Wildman–Crippen LogP) is 0.428. The molecule has 1 aromatic rings. The highest BCUT2D eigenvalue weighted by atomic mass is 16.7. The van der Waals surface area contributed by atoms with Gasteiger partial charge in [0.05, 0.1) is 6.54 Å². The van der Waals surface area contributed by atoms with Gasteiger partial charge >= 0.3 is 0 Å². The van der Waals surface area contributed by atoms with Crippen molar-refractivity contribution in [3.8, 4) is 0 Å². The van der Waals surface area contributed by atoms with Crippen molar-refractivity contribution >= 4 is 5.91 Å². The number of amides is 1. The Morgan fingerprint density at radius 3 is 2.76 bits per heavy atom. The molecule has 0 radical (unpaired) electrons. The summed E-state index contributed by atoms with van der Waals surface area (Å²) >= 11 is 0. The molecule has 0 saturated carbocycles. The monoisotopic (exact) mass is 235 g/mol. The van der Waals surface area contributed by atoms with E-state index in [0.29, 0.717) is 13.2 Å². The van der Waals surface area contributed by atoms with Crippen molar-refractivity contribution in [1.29, 1.82) is 0 Å². The summed E-state index contributed by atoms with van der Waals surface area (Å²) in [5, 5.41) is 1.39. The van der Waals surface area contributed by atoms with Crippen LogP contribution in [-0.4, -0.2) is 23.6 Å². The third-order valence-corrected chi connectivity index (χ3v) is 2.94. The van der Waals surface area contributed by atoms with Crippen LogP contribution < -0.4 is 11.3 Å². The van der Waals surface area contributed by atoms with Crippen molar-refractivity contribution in [3.05, 3.63) is 35.9 Å². The molecule has 5 heteroatoms. The Bertz CT molecular complexity index is 383. The number of hydroxylamine groups is 2. The summed E-state index contributed by atoms with van der Waals surface area (Å²) in [7, 11) is 0. The Morgan fingerprint density at radius 2 is 2.18 bits per heavy atom. The van der Waals surface area contributed by atoms with Crippen LogP contribution in [0.3, 0.4) is 0 Å². The molecule has 17 heavy (non-hydrogen) atoms. The normalized spacial score (nSPS) is 24.4. The first-order chi connectivity index (χ1) is 8.22. The summed E-state index contributed by atoms with van der Waals surface area (Å²) < 4.78 is 0. The molecule has 92 valence electrons. The van der Waals surface area contributed by atoms with Crippen LogP contribution in [-0.2, 0) is 16.2 Å². The van der Waals surface area contributed by atoms with Crippen molar-refractivity contribution in [1.82, 2.24) is 10.5 Å². The fourth-order valence-electron chi connectivity index (χ4n) is 1.93. The lowest BCUT2D eigenvalue weighted by atomic mass is 10.1. The van der Waals surface area contributed by atoms with Crippen LogP contribution >= 0.6 is 0 Å². The van der Waals surface area contributed by atoms with Gasteiger partial charge in [-0.15, -0.1) is 0 Å². The summed E-state index contributed by atoms with van der Waals surface area (Å²) in [6.07, 6.45) is 0. The fraction of sp³-hybridized carbons (Fsp3) is 0.417. The SMILES string of the molecule is C[C@H]1CN(OCc2ccccc2)C(=O)[C@H]1NN. The van der Waals surface area contributed by atoms with E-state index >= 15 is 0 Å². The minimum atomic E-state index is -0.342. The van der Waals surface area contributed by atoms with Gasteiger partial charge in [-0.1, -0.05) is 37.3 Å². The average molecular weight is 235 g/mol. The van der Waals surface area contributed by atoms with Crippen molar-refractivity contribution in [2.45, 2.75) is 19.6 Å². The molecular formula is C12H17N3O2. The summed E-state index contributed by atoms with van der Waals surface area (Å²) in [5.41, 5.74) is 3.56. The lowest BCUT2D eigenvalue weighted by molar-refractivity contribution is -0.183. The molecule has 1 amide bonds. The van der Waals surface area contributed by atoms with Gasteiger partial charge in [-0.25, -0.2) is 10.5 Å². The van der Waals surface area contributed by atoms with Gasteiger partial charge in [0.15, 0.2) is 0 Å². The highest BCUT2D eigenvalue weighted by Crippen LogP contribution is 2.18. The van der Waals surface area contributed by atoms with Crippen molar-refractivity contribution < 1.29 is 9.63 Å². The Balaban J connectivity index is 1.91. The van der Waals surface area contributed by atoms with Crippen LogP contribution in [0.2, 0.25) is 0 Å². The molecule has 1 aromatic carbocycles. The molecule has 0 unspecified atom stereocenters. The fourth-order valence-corrected chi connectivity index (χ4v) is 1.93. The molecule has 0 aromatic heterocycles. The highest BCUT2D eigenvalue weighted by Gasteiger charge is 2.37. The lowest BCUT2D eigenvalue weighted by Crippen LogP contribution is -2.44. The number of hydrogen-bond donors (Lipinski definition) is 2. The number of nitrogens with two attached hydrogens (primary N) is 1. The van der Waals surface area contributed by atoms with E-state index in [1.807, 2.05) is 37.3 Å². The standard InChI is InChI=1S/C12H17N3O2/c1-9-7-15(12(16)11(9)14-13)17-8-10-5-3-2-4-6-10/h2-6,9,11,14H,7-8,13H2,1H3/t9-,11-/m0/s1. The number of benzene rings is 1. The summed E-state index contributed by atoms with van der Waals surface area (Å²) in [6.45, 7) is 2.94. The molecule has 5 nitrogen and oxygen atoms in total. The first-order valence-corrected chi connectivity index (χ1v) is 5.66. The van der Waals surface area contributed by atoms with E-state index in [2.05, 4.69) is 5.43 Å². The zero-order chi connectivity index (χ0) is 12.3. The van der Waals surface area contributed by atoms with E-state index in [0.717, 1.165) is 5.56 Å². The third kappa shape index (κ3) is 2.63. The summed E-state index contributed by atoms with van der Waals surface area (Å²) in [5.74, 6) is 5.39. The van der Waals surface area contributed by atoms with Gasteiger partial charge in [0.1, 0.15) is 12.6 Å². The van der Waals surface area contributed by atoms with E-state index in [1.165, 1.54) is 5.06 Å². The van der Waals surface area contributed by atoms with Gasteiger partial charge in [-0.3, -0.25) is 15.5 Å². The maximum atomic E-state index is 11.8. The second-order valence-electron chi connectivity index (χ2n) is 4.28. The van der Waals surface area contributed by atoms with E-state index < -0.39 is 0 Å². The largest absolute Gasteiger partial charge is 0.271 e. The van der Waals surface area contributed by atoms with Crippen LogP contribution in [0.1, 0.15) is 12.5 Å². The first kappa shape index (κ1) is 12.0. The first-order valence-electron chi connectivity index (χ1n) is 5.66. The number of rotatable bonds is 4. The highest BCUT2D eigenvalue weighted by molar-refractivity contribution is 5.83. The molecule has 0 spiro atoms. The van der Waals surface area contributed by atoms with E-state index in [-0.39, 0.29) is 17.9 Å². The van der Waals surface area contributed by atoms with Crippen LogP contribution in [0.25, 0.3) is 0 Å². The zero-order valence-electron chi connectivity index (χ0n) is 9.80. The predicted molar refractivity (Wildman–Crippen MR) is 63.2 cm³/mol. The molecular weight excluding hydrogens is 218 g/mol. The molecule has 3 N–H and O–H groups in total. The Labute approximate surface area is 100 Å². The Hall–Kier alpha value is -1.43. The summed E-state index contributed by atoms with van der Waals surface area (Å²) in [4.78, 5) is 17.3. The Kier molecular flexibility index (Phi) is 3.73. The van der Waals surface area contributed by atoms with Gasteiger partial charge in [0, 0.05) is 5.92 Å². The number of nitrogens with one attached hydrogen (secondary N) is 1. The van der Waals surface area contributed by atoms with E-state index in [1.54, 1.807) is 0 Å². The van der Waals surface area contributed by atoms with Gasteiger partial charge in [0.2, 0.25) is 0 Å². The topological polar surface area (TPSA) is 67.6 Å². The number of hydrogen-bond acceptors (Lipinski definition) is 4. The second-order valence-corrected chi connectivity index (χ2v) is 4.28.